The molecule has 0 saturated carbocycles. The van der Waals surface area contributed by atoms with Gasteiger partial charge in [-0.1, -0.05) is 20.3 Å². The summed E-state index contributed by atoms with van der Waals surface area (Å²) in [4.78, 5) is 2.42. The fourth-order valence-electron chi connectivity index (χ4n) is 1.66. The van der Waals surface area contributed by atoms with E-state index in [0.29, 0.717) is 0 Å². The Kier molecular flexibility index (Phi) is 6.89. The minimum Gasteiger partial charge on any atom is -0.379 e. The molecule has 0 aromatic carbocycles. The maximum atomic E-state index is 5.29. The van der Waals surface area contributed by atoms with E-state index in [4.69, 9.17) is 4.74 Å². The largest absolute Gasteiger partial charge is 0.379 e. The Bertz CT molecular complexity index is 293. The molecule has 1 fully saturated rings. The van der Waals surface area contributed by atoms with Gasteiger partial charge in [-0.15, -0.1) is 0 Å². The van der Waals surface area contributed by atoms with Crippen LogP contribution in [-0.4, -0.2) is 47.5 Å². The van der Waals surface area contributed by atoms with Gasteiger partial charge >= 0.3 is 0 Å². The summed E-state index contributed by atoms with van der Waals surface area (Å²) in [6, 6.07) is 0. The third-order valence-corrected chi connectivity index (χ3v) is 2.51. The van der Waals surface area contributed by atoms with E-state index in [1.165, 1.54) is 12.0 Å². The van der Waals surface area contributed by atoms with Crippen molar-refractivity contribution in [1.82, 2.24) is 14.7 Å². The summed E-state index contributed by atoms with van der Waals surface area (Å²) in [5.41, 5.74) is 1.23. The van der Waals surface area contributed by atoms with Crippen molar-refractivity contribution < 1.29 is 4.74 Å². The van der Waals surface area contributed by atoms with Gasteiger partial charge in [-0.05, 0) is 12.5 Å². The molecule has 4 heteroatoms. The summed E-state index contributed by atoms with van der Waals surface area (Å²) >= 11 is 0. The summed E-state index contributed by atoms with van der Waals surface area (Å²) in [7, 11) is 0. The molecule has 98 valence electrons. The van der Waals surface area contributed by atoms with Crippen molar-refractivity contribution in [3.63, 3.8) is 0 Å². The highest BCUT2D eigenvalue weighted by molar-refractivity contribution is 4.99. The number of morpholine rings is 1. The van der Waals surface area contributed by atoms with Crippen molar-refractivity contribution in [2.75, 3.05) is 32.8 Å². The van der Waals surface area contributed by atoms with Crippen LogP contribution in [0.15, 0.2) is 12.4 Å². The third-order valence-electron chi connectivity index (χ3n) is 2.51. The van der Waals surface area contributed by atoms with E-state index in [1.807, 2.05) is 10.9 Å². The Balaban J connectivity index is 0.000000437. The first kappa shape index (κ1) is 14.2. The number of rotatable bonds is 3. The van der Waals surface area contributed by atoms with Crippen LogP contribution in [0.2, 0.25) is 0 Å². The van der Waals surface area contributed by atoms with Gasteiger partial charge in [0.15, 0.2) is 0 Å². The van der Waals surface area contributed by atoms with Crippen molar-refractivity contribution in [3.8, 4) is 0 Å². The maximum absolute atomic E-state index is 5.29. The SMILES string of the molecule is CCC.Cc1cnn(CCN2CCOCC2)c1. The molecule has 0 unspecified atom stereocenters. The summed E-state index contributed by atoms with van der Waals surface area (Å²) in [5.74, 6) is 0. The Morgan fingerprint density at radius 3 is 2.41 bits per heavy atom. The van der Waals surface area contributed by atoms with Gasteiger partial charge < -0.3 is 4.74 Å². The molecule has 1 aliphatic rings. The van der Waals surface area contributed by atoms with E-state index >= 15 is 0 Å². The van der Waals surface area contributed by atoms with Crippen LogP contribution in [0, 0.1) is 6.92 Å². The van der Waals surface area contributed by atoms with Crippen LogP contribution >= 0.6 is 0 Å². The lowest BCUT2D eigenvalue weighted by Gasteiger charge is -2.26. The Hall–Kier alpha value is -0.870. The summed E-state index contributed by atoms with van der Waals surface area (Å²) < 4.78 is 7.30. The lowest BCUT2D eigenvalue weighted by atomic mass is 10.4. The molecule has 0 amide bonds. The molecule has 0 bridgehead atoms. The first-order valence-electron chi connectivity index (χ1n) is 6.55. The third kappa shape index (κ3) is 5.84. The molecule has 0 spiro atoms. The minimum absolute atomic E-state index is 0.873. The van der Waals surface area contributed by atoms with Gasteiger partial charge in [0.25, 0.3) is 0 Å². The quantitative estimate of drug-likeness (QED) is 0.807. The van der Waals surface area contributed by atoms with Crippen molar-refractivity contribution in [2.24, 2.45) is 0 Å². The van der Waals surface area contributed by atoms with Crippen molar-refractivity contribution in [3.05, 3.63) is 18.0 Å². The molecule has 1 aliphatic heterocycles. The van der Waals surface area contributed by atoms with Gasteiger partial charge in [0, 0.05) is 25.8 Å². The fourth-order valence-corrected chi connectivity index (χ4v) is 1.66. The van der Waals surface area contributed by atoms with Crippen LogP contribution < -0.4 is 0 Å². The van der Waals surface area contributed by atoms with Gasteiger partial charge in [0.1, 0.15) is 0 Å². The average Bonchev–Trinajstić information content (AvgIpc) is 2.75. The molecule has 1 aromatic heterocycles. The van der Waals surface area contributed by atoms with Gasteiger partial charge in [-0.2, -0.15) is 5.10 Å². The lowest BCUT2D eigenvalue weighted by Crippen LogP contribution is -2.38. The van der Waals surface area contributed by atoms with E-state index in [-0.39, 0.29) is 0 Å². The molecule has 1 aromatic rings. The molecule has 2 rings (SSSR count). The maximum Gasteiger partial charge on any atom is 0.0594 e. The molecule has 1 saturated heterocycles. The molecule has 17 heavy (non-hydrogen) atoms. The second-order valence-corrected chi connectivity index (χ2v) is 4.44. The van der Waals surface area contributed by atoms with Crippen LogP contribution in [0.3, 0.4) is 0 Å². The highest BCUT2D eigenvalue weighted by atomic mass is 16.5. The number of aryl methyl sites for hydroxylation is 1. The number of hydrogen-bond acceptors (Lipinski definition) is 3. The number of hydrogen-bond donors (Lipinski definition) is 0. The fraction of sp³-hybridized carbons (Fsp3) is 0.769. The van der Waals surface area contributed by atoms with E-state index in [0.717, 1.165) is 39.4 Å². The zero-order chi connectivity index (χ0) is 12.5. The predicted octanol–water partition coefficient (Wildman–Crippen LogP) is 1.94. The standard InChI is InChI=1S/C10H17N3O.C3H8/c1-10-8-11-13(9-10)3-2-12-4-6-14-7-5-12;1-3-2/h8-9H,2-7H2,1H3;3H2,1-2H3. The molecular weight excluding hydrogens is 214 g/mol. The summed E-state index contributed by atoms with van der Waals surface area (Å²) in [6.07, 6.45) is 5.24. The summed E-state index contributed by atoms with van der Waals surface area (Å²) in [6.45, 7) is 12.2. The van der Waals surface area contributed by atoms with Crippen LogP contribution in [-0.2, 0) is 11.3 Å². The molecule has 4 nitrogen and oxygen atoms in total. The van der Waals surface area contributed by atoms with E-state index in [1.54, 1.807) is 0 Å². The van der Waals surface area contributed by atoms with E-state index in [2.05, 4.69) is 37.0 Å². The van der Waals surface area contributed by atoms with E-state index < -0.39 is 0 Å². The topological polar surface area (TPSA) is 30.3 Å². The molecule has 0 N–H and O–H groups in total. The highest BCUT2D eigenvalue weighted by Crippen LogP contribution is 1.98. The first-order chi connectivity index (χ1) is 8.26. The van der Waals surface area contributed by atoms with E-state index in [9.17, 15) is 0 Å². The summed E-state index contributed by atoms with van der Waals surface area (Å²) in [5, 5.41) is 4.26. The van der Waals surface area contributed by atoms with Crippen LogP contribution in [0.5, 0.6) is 0 Å². The van der Waals surface area contributed by atoms with Crippen LogP contribution in [0.25, 0.3) is 0 Å². The Morgan fingerprint density at radius 2 is 1.88 bits per heavy atom. The van der Waals surface area contributed by atoms with Crippen molar-refractivity contribution in [2.45, 2.75) is 33.7 Å². The van der Waals surface area contributed by atoms with Gasteiger partial charge in [0.2, 0.25) is 0 Å². The van der Waals surface area contributed by atoms with Crippen molar-refractivity contribution >= 4 is 0 Å². The number of aromatic nitrogens is 2. The molecule has 2 heterocycles. The zero-order valence-corrected chi connectivity index (χ0v) is 11.4. The molecular formula is C13H25N3O. The van der Waals surface area contributed by atoms with Gasteiger partial charge in [-0.25, -0.2) is 0 Å². The normalized spacial score (nSPS) is 16.4. The number of nitrogens with zero attached hydrogens (tertiary/aromatic N) is 3. The Labute approximate surface area is 105 Å². The second-order valence-electron chi connectivity index (χ2n) is 4.44. The molecule has 0 atom stereocenters. The number of ether oxygens (including phenoxy) is 1. The van der Waals surface area contributed by atoms with Crippen LogP contribution in [0.1, 0.15) is 25.8 Å². The monoisotopic (exact) mass is 239 g/mol. The lowest BCUT2D eigenvalue weighted by molar-refractivity contribution is 0.0359. The molecule has 0 radical (unpaired) electrons. The minimum atomic E-state index is 0.873. The smallest absolute Gasteiger partial charge is 0.0594 e. The second kappa shape index (κ2) is 8.25. The van der Waals surface area contributed by atoms with Gasteiger partial charge in [-0.3, -0.25) is 9.58 Å². The van der Waals surface area contributed by atoms with Crippen molar-refractivity contribution in [1.29, 1.82) is 0 Å². The zero-order valence-electron chi connectivity index (χ0n) is 11.4. The average molecular weight is 239 g/mol. The highest BCUT2D eigenvalue weighted by Gasteiger charge is 2.09. The Morgan fingerprint density at radius 1 is 1.24 bits per heavy atom. The predicted molar refractivity (Wildman–Crippen MR) is 70.2 cm³/mol. The molecule has 0 aliphatic carbocycles. The van der Waals surface area contributed by atoms with Crippen LogP contribution in [0.4, 0.5) is 0 Å². The van der Waals surface area contributed by atoms with Gasteiger partial charge in [0.05, 0.1) is 26.0 Å². The first-order valence-corrected chi connectivity index (χ1v) is 6.55.